The molecule has 0 radical (unpaired) electrons. The van der Waals surface area contributed by atoms with Gasteiger partial charge < -0.3 is 15.4 Å². The van der Waals surface area contributed by atoms with Gasteiger partial charge in [-0.05, 0) is 36.2 Å². The van der Waals surface area contributed by atoms with Crippen LogP contribution in [-0.2, 0) is 6.54 Å². The van der Waals surface area contributed by atoms with Crippen LogP contribution in [-0.4, -0.2) is 14.2 Å². The maximum atomic E-state index is 5.95. The fourth-order valence-corrected chi connectivity index (χ4v) is 2.16. The summed E-state index contributed by atoms with van der Waals surface area (Å²) < 4.78 is 5.39. The van der Waals surface area contributed by atoms with E-state index in [0.29, 0.717) is 0 Å². The first-order chi connectivity index (χ1) is 9.13. The smallest absolute Gasteiger partial charge is 0.142 e. The molecule has 2 N–H and O–H groups in total. The van der Waals surface area contributed by atoms with Crippen molar-refractivity contribution >= 4 is 11.4 Å². The van der Waals surface area contributed by atoms with E-state index in [-0.39, 0.29) is 0 Å². The first kappa shape index (κ1) is 13.3. The monoisotopic (exact) mass is 256 g/mol. The minimum Gasteiger partial charge on any atom is -0.495 e. The summed E-state index contributed by atoms with van der Waals surface area (Å²) in [7, 11) is 3.75. The molecule has 0 amide bonds. The number of rotatable bonds is 4. The van der Waals surface area contributed by atoms with Crippen LogP contribution in [0.2, 0.25) is 0 Å². The maximum Gasteiger partial charge on any atom is 0.142 e. The standard InChI is InChI=1S/C16H20N2O/c1-12-13(7-6-8-14(12)17)11-18(2)15-9-4-5-10-16(15)19-3/h4-10H,11,17H2,1-3H3. The molecule has 0 aliphatic rings. The van der Waals surface area contributed by atoms with Crippen molar-refractivity contribution in [1.82, 2.24) is 0 Å². The van der Waals surface area contributed by atoms with Crippen LogP contribution < -0.4 is 15.4 Å². The zero-order valence-electron chi connectivity index (χ0n) is 11.7. The molecule has 2 aromatic carbocycles. The molecule has 100 valence electrons. The number of benzene rings is 2. The lowest BCUT2D eigenvalue weighted by atomic mass is 10.1. The van der Waals surface area contributed by atoms with Gasteiger partial charge in [-0.3, -0.25) is 0 Å². The number of hydrogen-bond donors (Lipinski definition) is 1. The Labute approximate surface area is 114 Å². The van der Waals surface area contributed by atoms with Gasteiger partial charge in [0.1, 0.15) is 5.75 Å². The summed E-state index contributed by atoms with van der Waals surface area (Å²) in [5.74, 6) is 0.881. The molecule has 0 bridgehead atoms. The van der Waals surface area contributed by atoms with Crippen LogP contribution in [0.3, 0.4) is 0 Å². The van der Waals surface area contributed by atoms with E-state index in [0.717, 1.165) is 29.2 Å². The predicted octanol–water partition coefficient (Wildman–Crippen LogP) is 3.22. The highest BCUT2D eigenvalue weighted by molar-refractivity contribution is 5.59. The molecule has 0 aliphatic heterocycles. The van der Waals surface area contributed by atoms with Gasteiger partial charge in [-0.2, -0.15) is 0 Å². The Morgan fingerprint density at radius 1 is 1.11 bits per heavy atom. The topological polar surface area (TPSA) is 38.5 Å². The van der Waals surface area contributed by atoms with E-state index in [4.69, 9.17) is 10.5 Å². The molecule has 0 aliphatic carbocycles. The van der Waals surface area contributed by atoms with Gasteiger partial charge in [-0.25, -0.2) is 0 Å². The van der Waals surface area contributed by atoms with Crippen molar-refractivity contribution in [1.29, 1.82) is 0 Å². The summed E-state index contributed by atoms with van der Waals surface area (Å²) in [5.41, 5.74) is 10.2. The largest absolute Gasteiger partial charge is 0.495 e. The average Bonchev–Trinajstić information content (AvgIpc) is 2.43. The Morgan fingerprint density at radius 3 is 2.58 bits per heavy atom. The van der Waals surface area contributed by atoms with Crippen LogP contribution in [0, 0.1) is 6.92 Å². The van der Waals surface area contributed by atoms with Gasteiger partial charge in [0.25, 0.3) is 0 Å². The van der Waals surface area contributed by atoms with Gasteiger partial charge in [-0.1, -0.05) is 24.3 Å². The normalized spacial score (nSPS) is 10.3. The maximum absolute atomic E-state index is 5.95. The fourth-order valence-electron chi connectivity index (χ4n) is 2.16. The second-order valence-corrected chi connectivity index (χ2v) is 4.66. The van der Waals surface area contributed by atoms with Crippen molar-refractivity contribution in [3.8, 4) is 5.75 Å². The summed E-state index contributed by atoms with van der Waals surface area (Å²) in [4.78, 5) is 2.17. The minimum absolute atomic E-state index is 0.803. The number of nitrogens with zero attached hydrogens (tertiary/aromatic N) is 1. The average molecular weight is 256 g/mol. The Bertz CT molecular complexity index is 566. The number of nitrogens with two attached hydrogens (primary N) is 1. The molecule has 2 aromatic rings. The van der Waals surface area contributed by atoms with E-state index >= 15 is 0 Å². The van der Waals surface area contributed by atoms with Crippen LogP contribution in [0.15, 0.2) is 42.5 Å². The summed E-state index contributed by atoms with van der Waals surface area (Å²) >= 11 is 0. The van der Waals surface area contributed by atoms with Gasteiger partial charge in [0, 0.05) is 19.3 Å². The lowest BCUT2D eigenvalue weighted by Gasteiger charge is -2.23. The van der Waals surface area contributed by atoms with Crippen LogP contribution in [0.25, 0.3) is 0 Å². The molecule has 0 spiro atoms. The molecule has 0 unspecified atom stereocenters. The molecule has 2 rings (SSSR count). The van der Waals surface area contributed by atoms with Gasteiger partial charge in [0.05, 0.1) is 12.8 Å². The number of anilines is 2. The molecule has 0 heterocycles. The Hall–Kier alpha value is -2.16. The Morgan fingerprint density at radius 2 is 1.84 bits per heavy atom. The van der Waals surface area contributed by atoms with Crippen molar-refractivity contribution < 1.29 is 4.74 Å². The van der Waals surface area contributed by atoms with Crippen LogP contribution >= 0.6 is 0 Å². The van der Waals surface area contributed by atoms with E-state index in [1.54, 1.807) is 7.11 Å². The molecule has 0 atom stereocenters. The molecule has 0 saturated heterocycles. The molecule has 19 heavy (non-hydrogen) atoms. The van der Waals surface area contributed by atoms with Crippen molar-refractivity contribution in [2.45, 2.75) is 13.5 Å². The first-order valence-corrected chi connectivity index (χ1v) is 6.31. The summed E-state index contributed by atoms with van der Waals surface area (Å²) in [6.45, 7) is 2.86. The quantitative estimate of drug-likeness (QED) is 0.854. The zero-order valence-corrected chi connectivity index (χ0v) is 11.7. The summed E-state index contributed by atoms with van der Waals surface area (Å²) in [6, 6.07) is 14.0. The van der Waals surface area contributed by atoms with Crippen LogP contribution in [0.5, 0.6) is 5.75 Å². The fraction of sp³-hybridized carbons (Fsp3) is 0.250. The third-order valence-electron chi connectivity index (χ3n) is 3.39. The van der Waals surface area contributed by atoms with E-state index < -0.39 is 0 Å². The van der Waals surface area contributed by atoms with Gasteiger partial charge in [0.2, 0.25) is 0 Å². The van der Waals surface area contributed by atoms with Gasteiger partial charge in [-0.15, -0.1) is 0 Å². The number of methoxy groups -OCH3 is 1. The molecule has 0 fully saturated rings. The Kier molecular flexibility index (Phi) is 3.95. The lowest BCUT2D eigenvalue weighted by Crippen LogP contribution is -2.18. The van der Waals surface area contributed by atoms with Crippen molar-refractivity contribution in [2.75, 3.05) is 24.8 Å². The third-order valence-corrected chi connectivity index (χ3v) is 3.39. The number of nitrogen functional groups attached to an aromatic ring is 1. The highest BCUT2D eigenvalue weighted by Gasteiger charge is 2.09. The predicted molar refractivity (Wildman–Crippen MR) is 80.7 cm³/mol. The Balaban J connectivity index is 2.26. The second-order valence-electron chi connectivity index (χ2n) is 4.66. The number of ether oxygens (including phenoxy) is 1. The summed E-state index contributed by atoms with van der Waals surface area (Å²) in [5, 5.41) is 0. The highest BCUT2D eigenvalue weighted by Crippen LogP contribution is 2.28. The second kappa shape index (κ2) is 5.65. The van der Waals surface area contributed by atoms with Crippen molar-refractivity contribution in [2.24, 2.45) is 0 Å². The van der Waals surface area contributed by atoms with E-state index in [2.05, 4.69) is 31.0 Å². The van der Waals surface area contributed by atoms with Gasteiger partial charge in [0.15, 0.2) is 0 Å². The van der Waals surface area contributed by atoms with E-state index in [1.165, 1.54) is 5.56 Å². The number of para-hydroxylation sites is 2. The summed E-state index contributed by atoms with van der Waals surface area (Å²) in [6.07, 6.45) is 0. The molecular weight excluding hydrogens is 236 g/mol. The van der Waals surface area contributed by atoms with Gasteiger partial charge >= 0.3 is 0 Å². The molecular formula is C16H20N2O. The zero-order chi connectivity index (χ0) is 13.8. The lowest BCUT2D eigenvalue weighted by molar-refractivity contribution is 0.415. The SMILES string of the molecule is COc1ccccc1N(C)Cc1cccc(N)c1C. The first-order valence-electron chi connectivity index (χ1n) is 6.31. The van der Waals surface area contributed by atoms with Crippen LogP contribution in [0.4, 0.5) is 11.4 Å². The van der Waals surface area contributed by atoms with E-state index in [9.17, 15) is 0 Å². The van der Waals surface area contributed by atoms with Crippen molar-refractivity contribution in [3.63, 3.8) is 0 Å². The van der Waals surface area contributed by atoms with Crippen molar-refractivity contribution in [3.05, 3.63) is 53.6 Å². The molecule has 3 nitrogen and oxygen atoms in total. The molecule has 0 aromatic heterocycles. The number of hydrogen-bond acceptors (Lipinski definition) is 3. The molecule has 3 heteroatoms. The minimum atomic E-state index is 0.803. The highest BCUT2D eigenvalue weighted by atomic mass is 16.5. The molecule has 0 saturated carbocycles. The third kappa shape index (κ3) is 2.81. The van der Waals surface area contributed by atoms with Crippen LogP contribution in [0.1, 0.15) is 11.1 Å². The van der Waals surface area contributed by atoms with E-state index in [1.807, 2.05) is 30.3 Å².